The monoisotopic (exact) mass is 501 g/mol. The van der Waals surface area contributed by atoms with Gasteiger partial charge in [-0.05, 0) is 80.9 Å². The molecule has 1 saturated heterocycles. The molecule has 6 nitrogen and oxygen atoms in total. The van der Waals surface area contributed by atoms with Gasteiger partial charge in [0.25, 0.3) is 0 Å². The van der Waals surface area contributed by atoms with Gasteiger partial charge in [-0.25, -0.2) is 0 Å². The first-order chi connectivity index (χ1) is 16.5. The van der Waals surface area contributed by atoms with Crippen molar-refractivity contribution in [3.05, 3.63) is 59.5 Å². The lowest BCUT2D eigenvalue weighted by atomic mass is 9.69. The molecule has 2 aromatic heterocycles. The van der Waals surface area contributed by atoms with Crippen molar-refractivity contribution in [3.63, 3.8) is 0 Å². The van der Waals surface area contributed by atoms with Crippen LogP contribution in [-0.2, 0) is 0 Å². The lowest BCUT2D eigenvalue weighted by Crippen LogP contribution is -2.45. The number of nitrogens with one attached hydrogen (secondary N) is 1. The maximum Gasteiger partial charge on any atom is 0.119 e. The quantitative estimate of drug-likeness (QED) is 0.336. The Bertz CT molecular complexity index is 1080. The summed E-state index contributed by atoms with van der Waals surface area (Å²) in [5, 5.41) is 27.2. The standard InChI is InChI=1S/C26H32ClN3O3S/c1-33-18-2-3-22-20(16-18)25(21(27)17-30-22)23(31)4-8-26(9-13-29-14-10-26)24(32)7-15-34-19-5-11-28-12-6-19/h2-3,5-6,11-12,16-17,23-24,29,31-32H,4,7-10,13-15H2,1H3/t23-,24+/m1/s1. The summed E-state index contributed by atoms with van der Waals surface area (Å²) >= 11 is 8.25. The fraction of sp³-hybridized carbons (Fsp3) is 0.462. The molecule has 1 aliphatic rings. The number of methoxy groups -OCH3 is 1. The zero-order valence-corrected chi connectivity index (χ0v) is 21.0. The lowest BCUT2D eigenvalue weighted by Gasteiger charge is -2.42. The Balaban J connectivity index is 1.47. The molecule has 1 aliphatic heterocycles. The largest absolute Gasteiger partial charge is 0.497 e. The Kier molecular flexibility index (Phi) is 8.66. The summed E-state index contributed by atoms with van der Waals surface area (Å²) in [6.07, 6.45) is 7.72. The van der Waals surface area contributed by atoms with Crippen LogP contribution >= 0.6 is 23.4 Å². The molecule has 1 aromatic carbocycles. The SMILES string of the molecule is COc1ccc2ncc(Cl)c([C@H](O)CCC3([C@@H](O)CCSc4ccncc4)CCNCC3)c2c1. The third-order valence-electron chi connectivity index (χ3n) is 6.93. The minimum absolute atomic E-state index is 0.224. The van der Waals surface area contributed by atoms with Crippen molar-refractivity contribution in [2.24, 2.45) is 5.41 Å². The number of hydrogen-bond acceptors (Lipinski definition) is 7. The predicted molar refractivity (Wildman–Crippen MR) is 138 cm³/mol. The molecule has 0 aliphatic carbocycles. The molecule has 0 amide bonds. The molecule has 1 fully saturated rings. The van der Waals surface area contributed by atoms with Crippen molar-refractivity contribution in [1.29, 1.82) is 0 Å². The van der Waals surface area contributed by atoms with Crippen molar-refractivity contribution in [3.8, 4) is 5.75 Å². The number of aliphatic hydroxyl groups is 2. The summed E-state index contributed by atoms with van der Waals surface area (Å²) in [6.45, 7) is 1.75. The van der Waals surface area contributed by atoms with Gasteiger partial charge in [0.1, 0.15) is 5.75 Å². The number of benzene rings is 1. The lowest BCUT2D eigenvalue weighted by molar-refractivity contribution is -0.0165. The van der Waals surface area contributed by atoms with Gasteiger partial charge >= 0.3 is 0 Å². The number of pyridine rings is 2. The minimum atomic E-state index is -0.754. The fourth-order valence-electron chi connectivity index (χ4n) is 4.91. The van der Waals surface area contributed by atoms with E-state index < -0.39 is 12.2 Å². The van der Waals surface area contributed by atoms with E-state index >= 15 is 0 Å². The minimum Gasteiger partial charge on any atom is -0.497 e. The second kappa shape index (κ2) is 11.7. The molecule has 0 radical (unpaired) electrons. The summed E-state index contributed by atoms with van der Waals surface area (Å²) in [4.78, 5) is 9.62. The van der Waals surface area contributed by atoms with E-state index in [0.717, 1.165) is 53.9 Å². The number of hydrogen-bond donors (Lipinski definition) is 3. The van der Waals surface area contributed by atoms with E-state index in [0.29, 0.717) is 29.2 Å². The maximum absolute atomic E-state index is 11.3. The third kappa shape index (κ3) is 5.83. The normalized spacial score (nSPS) is 17.4. The highest BCUT2D eigenvalue weighted by atomic mass is 35.5. The van der Waals surface area contributed by atoms with E-state index in [1.54, 1.807) is 37.5 Å². The molecular formula is C26H32ClN3O3S. The Morgan fingerprint density at radius 1 is 1.15 bits per heavy atom. The van der Waals surface area contributed by atoms with Crippen LogP contribution in [0.2, 0.25) is 5.02 Å². The summed E-state index contributed by atoms with van der Waals surface area (Å²) in [5.74, 6) is 1.53. The molecule has 3 N–H and O–H groups in total. The van der Waals surface area contributed by atoms with E-state index in [9.17, 15) is 10.2 Å². The first kappa shape index (κ1) is 25.2. The van der Waals surface area contributed by atoms with Gasteiger partial charge in [-0.2, -0.15) is 0 Å². The van der Waals surface area contributed by atoms with E-state index in [4.69, 9.17) is 16.3 Å². The Morgan fingerprint density at radius 3 is 2.65 bits per heavy atom. The highest BCUT2D eigenvalue weighted by Gasteiger charge is 2.39. The fourth-order valence-corrected chi connectivity index (χ4v) is 6.07. The van der Waals surface area contributed by atoms with Crippen molar-refractivity contribution in [2.75, 3.05) is 26.0 Å². The highest BCUT2D eigenvalue weighted by Crippen LogP contribution is 2.43. The number of aliphatic hydroxyl groups excluding tert-OH is 2. The van der Waals surface area contributed by atoms with Gasteiger partial charge < -0.3 is 20.3 Å². The molecule has 8 heteroatoms. The van der Waals surface area contributed by atoms with Crippen LogP contribution in [0.25, 0.3) is 10.9 Å². The molecule has 4 rings (SSSR count). The van der Waals surface area contributed by atoms with E-state index in [1.807, 2.05) is 30.3 Å². The Morgan fingerprint density at radius 2 is 1.91 bits per heavy atom. The number of rotatable bonds is 10. The molecule has 182 valence electrons. The van der Waals surface area contributed by atoms with Gasteiger partial charge in [0.2, 0.25) is 0 Å². The topological polar surface area (TPSA) is 87.5 Å². The average Bonchev–Trinajstić information content (AvgIpc) is 2.88. The van der Waals surface area contributed by atoms with Gasteiger partial charge in [-0.1, -0.05) is 11.6 Å². The summed E-state index contributed by atoms with van der Waals surface area (Å²) < 4.78 is 5.37. The summed E-state index contributed by atoms with van der Waals surface area (Å²) in [7, 11) is 1.62. The van der Waals surface area contributed by atoms with Crippen molar-refractivity contribution >= 4 is 34.3 Å². The number of thioether (sulfide) groups is 1. The Labute approximate surface area is 210 Å². The van der Waals surface area contributed by atoms with Crippen LogP contribution in [0.3, 0.4) is 0 Å². The molecule has 0 unspecified atom stereocenters. The first-order valence-electron chi connectivity index (χ1n) is 11.7. The summed E-state index contributed by atoms with van der Waals surface area (Å²) in [5.41, 5.74) is 1.22. The van der Waals surface area contributed by atoms with Gasteiger partial charge in [0, 0.05) is 40.2 Å². The van der Waals surface area contributed by atoms with Crippen molar-refractivity contribution in [1.82, 2.24) is 15.3 Å². The second-order valence-electron chi connectivity index (χ2n) is 8.91. The molecule has 2 atom stereocenters. The van der Waals surface area contributed by atoms with Crippen LogP contribution in [0.1, 0.15) is 43.8 Å². The second-order valence-corrected chi connectivity index (χ2v) is 10.5. The van der Waals surface area contributed by atoms with Gasteiger partial charge in [0.05, 0.1) is 29.9 Å². The molecule has 0 saturated carbocycles. The van der Waals surface area contributed by atoms with E-state index in [2.05, 4.69) is 15.3 Å². The van der Waals surface area contributed by atoms with Crippen LogP contribution in [0.15, 0.2) is 53.8 Å². The zero-order valence-electron chi connectivity index (χ0n) is 19.4. The van der Waals surface area contributed by atoms with Crippen LogP contribution in [0.4, 0.5) is 0 Å². The van der Waals surface area contributed by atoms with Gasteiger partial charge in [-0.15, -0.1) is 11.8 Å². The smallest absolute Gasteiger partial charge is 0.119 e. The Hall–Kier alpha value is -1.90. The molecule has 0 spiro atoms. The van der Waals surface area contributed by atoms with Gasteiger partial charge in [-0.3, -0.25) is 9.97 Å². The van der Waals surface area contributed by atoms with Crippen molar-refractivity contribution < 1.29 is 14.9 Å². The first-order valence-corrected chi connectivity index (χ1v) is 13.1. The molecular weight excluding hydrogens is 470 g/mol. The third-order valence-corrected chi connectivity index (χ3v) is 8.28. The van der Waals surface area contributed by atoms with E-state index in [1.165, 1.54) is 0 Å². The predicted octanol–water partition coefficient (Wildman–Crippen LogP) is 5.02. The molecule has 3 heterocycles. The van der Waals surface area contributed by atoms with Crippen molar-refractivity contribution in [2.45, 2.75) is 49.2 Å². The number of piperidine rings is 1. The number of fused-ring (bicyclic) bond motifs is 1. The van der Waals surface area contributed by atoms with E-state index in [-0.39, 0.29) is 5.41 Å². The number of halogens is 1. The van der Waals surface area contributed by atoms with Crippen LogP contribution in [-0.4, -0.2) is 52.2 Å². The zero-order chi connectivity index (χ0) is 24.0. The number of aromatic nitrogens is 2. The van der Waals surface area contributed by atoms with Gasteiger partial charge in [0.15, 0.2) is 0 Å². The highest BCUT2D eigenvalue weighted by molar-refractivity contribution is 7.99. The maximum atomic E-state index is 11.3. The molecule has 0 bridgehead atoms. The molecule has 34 heavy (non-hydrogen) atoms. The average molecular weight is 502 g/mol. The van der Waals surface area contributed by atoms with Crippen LogP contribution < -0.4 is 10.1 Å². The van der Waals surface area contributed by atoms with Crippen LogP contribution in [0, 0.1) is 5.41 Å². The molecule has 3 aromatic rings. The number of ether oxygens (including phenoxy) is 1. The van der Waals surface area contributed by atoms with Crippen LogP contribution in [0.5, 0.6) is 5.75 Å². The number of nitrogens with zero attached hydrogens (tertiary/aromatic N) is 2. The summed E-state index contributed by atoms with van der Waals surface area (Å²) in [6, 6.07) is 9.58.